The standard InChI is InChI=1S/C14H17N3O2S.CH4N2S.ClH/c15-14(16)20-9-11-4-1-2-7-13(11)10-5-3-6-12(8-10)17(18)19;2-1(3)4;/h3,5-6,8H,1-2,4,7,9H2,(H3,15,16);(H4,2,3,4);1H. The number of nitrogens with one attached hydrogen (secondary N) is 1. The Balaban J connectivity index is 0.00000104. The number of non-ortho nitro benzene ring substituents is 1. The van der Waals surface area contributed by atoms with Crippen molar-refractivity contribution in [2.75, 3.05) is 5.75 Å². The third-order valence-corrected chi connectivity index (χ3v) is 4.19. The van der Waals surface area contributed by atoms with E-state index in [0.717, 1.165) is 31.2 Å². The number of thioether (sulfide) groups is 1. The molecule has 7 N–H and O–H groups in total. The van der Waals surface area contributed by atoms with E-state index in [4.69, 9.17) is 11.1 Å². The van der Waals surface area contributed by atoms with E-state index in [1.54, 1.807) is 12.1 Å². The Labute approximate surface area is 162 Å². The lowest BCUT2D eigenvalue weighted by Crippen LogP contribution is -2.18. The van der Waals surface area contributed by atoms with Crippen molar-refractivity contribution in [3.05, 3.63) is 45.5 Å². The fourth-order valence-corrected chi connectivity index (χ4v) is 3.10. The van der Waals surface area contributed by atoms with Crippen molar-refractivity contribution < 1.29 is 4.92 Å². The lowest BCUT2D eigenvalue weighted by atomic mass is 9.88. The predicted molar refractivity (Wildman–Crippen MR) is 111 cm³/mol. The minimum atomic E-state index is -0.364. The number of benzene rings is 1. The number of amidine groups is 1. The highest BCUT2D eigenvalue weighted by Gasteiger charge is 2.16. The monoisotopic (exact) mass is 403 g/mol. The molecule has 0 aliphatic heterocycles. The molecule has 0 fully saturated rings. The number of thiocarbonyl (C=S) groups is 1. The molecule has 0 saturated carbocycles. The molecular formula is C15H22ClN5O2S2. The summed E-state index contributed by atoms with van der Waals surface area (Å²) in [6, 6.07) is 6.80. The van der Waals surface area contributed by atoms with Gasteiger partial charge in [0.15, 0.2) is 10.3 Å². The van der Waals surface area contributed by atoms with E-state index in [-0.39, 0.29) is 33.3 Å². The summed E-state index contributed by atoms with van der Waals surface area (Å²) in [5, 5.41) is 18.3. The summed E-state index contributed by atoms with van der Waals surface area (Å²) in [5.74, 6) is 0.702. The van der Waals surface area contributed by atoms with Crippen LogP contribution in [-0.2, 0) is 0 Å². The number of nitrogens with two attached hydrogens (primary N) is 3. The van der Waals surface area contributed by atoms with Crippen molar-refractivity contribution in [2.24, 2.45) is 17.2 Å². The molecular weight excluding hydrogens is 382 g/mol. The number of allylic oxidation sites excluding steroid dienone is 1. The molecule has 138 valence electrons. The smallest absolute Gasteiger partial charge is 0.270 e. The highest BCUT2D eigenvalue weighted by Crippen LogP contribution is 2.35. The van der Waals surface area contributed by atoms with Gasteiger partial charge in [-0.3, -0.25) is 15.5 Å². The number of hydrogen-bond donors (Lipinski definition) is 4. The van der Waals surface area contributed by atoms with Crippen LogP contribution < -0.4 is 17.2 Å². The van der Waals surface area contributed by atoms with Crippen molar-refractivity contribution >= 4 is 57.9 Å². The average molecular weight is 404 g/mol. The summed E-state index contributed by atoms with van der Waals surface area (Å²) in [5.41, 5.74) is 18.1. The quantitative estimate of drug-likeness (QED) is 0.198. The third kappa shape index (κ3) is 8.71. The molecule has 1 aliphatic carbocycles. The molecule has 25 heavy (non-hydrogen) atoms. The first-order valence-electron chi connectivity index (χ1n) is 7.28. The number of nitrogens with zero attached hydrogens (tertiary/aromatic N) is 1. The van der Waals surface area contributed by atoms with E-state index in [2.05, 4.69) is 23.7 Å². The summed E-state index contributed by atoms with van der Waals surface area (Å²) in [7, 11) is 0. The molecule has 0 radical (unpaired) electrons. The fourth-order valence-electron chi connectivity index (χ4n) is 2.45. The first-order valence-corrected chi connectivity index (χ1v) is 8.68. The van der Waals surface area contributed by atoms with E-state index in [0.29, 0.717) is 5.75 Å². The number of nitro groups is 1. The van der Waals surface area contributed by atoms with E-state index < -0.39 is 0 Å². The Morgan fingerprint density at radius 2 is 1.88 bits per heavy atom. The minimum absolute atomic E-state index is 0. The number of rotatable bonds is 4. The molecule has 7 nitrogen and oxygen atoms in total. The first kappa shape index (κ1) is 23.2. The van der Waals surface area contributed by atoms with Crippen LogP contribution in [0.15, 0.2) is 29.8 Å². The van der Waals surface area contributed by atoms with Gasteiger partial charge in [0.2, 0.25) is 0 Å². The van der Waals surface area contributed by atoms with Gasteiger partial charge in [-0.25, -0.2) is 0 Å². The second-order valence-corrected chi connectivity index (χ2v) is 6.64. The van der Waals surface area contributed by atoms with Gasteiger partial charge in [-0.2, -0.15) is 0 Å². The molecule has 0 aromatic heterocycles. The Bertz CT molecular complexity index is 663. The van der Waals surface area contributed by atoms with Crippen LogP contribution >= 0.6 is 36.4 Å². The van der Waals surface area contributed by atoms with Crippen LogP contribution in [0.4, 0.5) is 5.69 Å². The van der Waals surface area contributed by atoms with Crippen LogP contribution in [0.25, 0.3) is 5.57 Å². The Morgan fingerprint density at radius 1 is 1.28 bits per heavy atom. The predicted octanol–water partition coefficient (Wildman–Crippen LogP) is 3.16. The Kier molecular flexibility index (Phi) is 10.8. The van der Waals surface area contributed by atoms with Gasteiger partial charge in [-0.1, -0.05) is 29.5 Å². The van der Waals surface area contributed by atoms with Crippen molar-refractivity contribution in [1.82, 2.24) is 0 Å². The summed E-state index contributed by atoms with van der Waals surface area (Å²) < 4.78 is 0. The summed E-state index contributed by atoms with van der Waals surface area (Å²) in [4.78, 5) is 10.5. The average Bonchev–Trinajstić information content (AvgIpc) is 2.52. The zero-order chi connectivity index (χ0) is 18.1. The summed E-state index contributed by atoms with van der Waals surface area (Å²) in [6.45, 7) is 0. The van der Waals surface area contributed by atoms with Crippen molar-refractivity contribution in [3.8, 4) is 0 Å². The third-order valence-electron chi connectivity index (χ3n) is 3.39. The van der Waals surface area contributed by atoms with Gasteiger partial charge < -0.3 is 17.2 Å². The van der Waals surface area contributed by atoms with Gasteiger partial charge in [0.1, 0.15) is 0 Å². The zero-order valence-corrected chi connectivity index (χ0v) is 16.0. The molecule has 0 unspecified atom stereocenters. The van der Waals surface area contributed by atoms with Crippen LogP contribution in [0.2, 0.25) is 0 Å². The van der Waals surface area contributed by atoms with E-state index >= 15 is 0 Å². The SMILES string of the molecule is Cl.N=C(N)SCC1=C(c2cccc([N+](=O)[O-])c2)CCCC1.NC(N)=S. The number of halogens is 1. The second kappa shape index (κ2) is 11.7. The maximum atomic E-state index is 10.9. The van der Waals surface area contributed by atoms with Gasteiger partial charge in [-0.05, 0) is 49.0 Å². The molecule has 2 rings (SSSR count). The molecule has 1 aromatic rings. The highest BCUT2D eigenvalue weighted by molar-refractivity contribution is 8.13. The molecule has 1 aliphatic rings. The highest BCUT2D eigenvalue weighted by atomic mass is 35.5. The normalized spacial score (nSPS) is 13.1. The molecule has 0 atom stereocenters. The van der Waals surface area contributed by atoms with Gasteiger partial charge in [0, 0.05) is 17.9 Å². The second-order valence-electron chi connectivity index (χ2n) is 5.15. The lowest BCUT2D eigenvalue weighted by Gasteiger charge is -2.20. The molecule has 0 heterocycles. The Morgan fingerprint density at radius 3 is 2.44 bits per heavy atom. The van der Waals surface area contributed by atoms with E-state index in [1.165, 1.54) is 29.0 Å². The van der Waals surface area contributed by atoms with Crippen LogP contribution in [0.3, 0.4) is 0 Å². The van der Waals surface area contributed by atoms with Gasteiger partial charge >= 0.3 is 0 Å². The maximum absolute atomic E-state index is 10.9. The molecule has 0 amide bonds. The van der Waals surface area contributed by atoms with Crippen LogP contribution in [0.1, 0.15) is 31.2 Å². The van der Waals surface area contributed by atoms with Gasteiger partial charge in [-0.15, -0.1) is 12.4 Å². The number of hydrogen-bond acceptors (Lipinski definition) is 5. The zero-order valence-electron chi connectivity index (χ0n) is 13.6. The van der Waals surface area contributed by atoms with Gasteiger partial charge in [0.25, 0.3) is 5.69 Å². The molecule has 0 bridgehead atoms. The molecule has 0 spiro atoms. The van der Waals surface area contributed by atoms with Crippen LogP contribution in [-0.4, -0.2) is 21.0 Å². The molecule has 0 saturated heterocycles. The van der Waals surface area contributed by atoms with Crippen LogP contribution in [0.5, 0.6) is 0 Å². The first-order chi connectivity index (χ1) is 11.3. The molecule has 10 heteroatoms. The fraction of sp³-hybridized carbons (Fsp3) is 0.333. The van der Waals surface area contributed by atoms with Gasteiger partial charge in [0.05, 0.1) is 4.92 Å². The van der Waals surface area contributed by atoms with E-state index in [9.17, 15) is 10.1 Å². The van der Waals surface area contributed by atoms with Crippen LogP contribution in [0, 0.1) is 15.5 Å². The Hall–Kier alpha value is -1.84. The van der Waals surface area contributed by atoms with Crippen molar-refractivity contribution in [1.29, 1.82) is 5.41 Å². The lowest BCUT2D eigenvalue weighted by molar-refractivity contribution is -0.384. The minimum Gasteiger partial charge on any atom is -0.379 e. The largest absolute Gasteiger partial charge is 0.379 e. The summed E-state index contributed by atoms with van der Waals surface area (Å²) >= 11 is 5.41. The maximum Gasteiger partial charge on any atom is 0.270 e. The van der Waals surface area contributed by atoms with Crippen molar-refractivity contribution in [3.63, 3.8) is 0 Å². The van der Waals surface area contributed by atoms with Crippen molar-refractivity contribution in [2.45, 2.75) is 25.7 Å². The van der Waals surface area contributed by atoms with E-state index in [1.807, 2.05) is 6.07 Å². The number of nitro benzene ring substituents is 1. The summed E-state index contributed by atoms with van der Waals surface area (Å²) in [6.07, 6.45) is 4.16. The molecule has 1 aromatic carbocycles. The topological polar surface area (TPSA) is 145 Å².